The SMILES string of the molecule is C[C@@H]1CN(S(=O)(=O)NCCNc2ccccc2[N+](=O)[O-])C[C@H](C)O1. The van der Waals surface area contributed by atoms with Crippen molar-refractivity contribution >= 4 is 21.6 Å². The zero-order valence-corrected chi connectivity index (χ0v) is 14.5. The second kappa shape index (κ2) is 7.88. The minimum atomic E-state index is -3.60. The van der Waals surface area contributed by atoms with Crippen molar-refractivity contribution in [1.82, 2.24) is 9.03 Å². The topological polar surface area (TPSA) is 114 Å². The van der Waals surface area contributed by atoms with Gasteiger partial charge in [0, 0.05) is 32.2 Å². The molecule has 2 rings (SSSR count). The summed E-state index contributed by atoms with van der Waals surface area (Å²) in [6.45, 7) is 4.62. The highest BCUT2D eigenvalue weighted by Crippen LogP contribution is 2.22. The zero-order chi connectivity index (χ0) is 17.7. The van der Waals surface area contributed by atoms with Gasteiger partial charge in [0.2, 0.25) is 0 Å². The Bertz CT molecular complexity index is 671. The van der Waals surface area contributed by atoms with E-state index in [1.807, 2.05) is 13.8 Å². The third-order valence-corrected chi connectivity index (χ3v) is 5.10. The molecular formula is C14H22N4O5S. The van der Waals surface area contributed by atoms with Crippen LogP contribution in [0.3, 0.4) is 0 Å². The van der Waals surface area contributed by atoms with Gasteiger partial charge in [0.25, 0.3) is 15.9 Å². The number of ether oxygens (including phenoxy) is 1. The third-order valence-electron chi connectivity index (χ3n) is 3.55. The van der Waals surface area contributed by atoms with Crippen molar-refractivity contribution in [3.8, 4) is 0 Å². The summed E-state index contributed by atoms with van der Waals surface area (Å²) in [4.78, 5) is 10.4. The maximum absolute atomic E-state index is 12.3. The van der Waals surface area contributed by atoms with Gasteiger partial charge in [-0.15, -0.1) is 0 Å². The third kappa shape index (κ3) is 4.87. The van der Waals surface area contributed by atoms with Gasteiger partial charge in [-0.3, -0.25) is 10.1 Å². The van der Waals surface area contributed by atoms with E-state index in [0.29, 0.717) is 18.8 Å². The van der Waals surface area contributed by atoms with E-state index in [9.17, 15) is 18.5 Å². The molecule has 1 fully saturated rings. The molecule has 0 radical (unpaired) electrons. The normalized spacial score (nSPS) is 22.2. The molecule has 1 aliphatic rings. The molecule has 1 aromatic rings. The molecule has 0 unspecified atom stereocenters. The summed E-state index contributed by atoms with van der Waals surface area (Å²) < 4.78 is 34.0. The quantitative estimate of drug-likeness (QED) is 0.426. The van der Waals surface area contributed by atoms with Crippen molar-refractivity contribution in [2.75, 3.05) is 31.5 Å². The van der Waals surface area contributed by atoms with Gasteiger partial charge < -0.3 is 10.1 Å². The van der Waals surface area contributed by atoms with Crippen molar-refractivity contribution in [2.45, 2.75) is 26.1 Å². The molecule has 9 nitrogen and oxygen atoms in total. The number of hydrogen-bond acceptors (Lipinski definition) is 6. The van der Waals surface area contributed by atoms with Gasteiger partial charge in [0.1, 0.15) is 5.69 Å². The van der Waals surface area contributed by atoms with Crippen LogP contribution in [-0.4, -0.2) is 56.0 Å². The lowest BCUT2D eigenvalue weighted by molar-refractivity contribution is -0.384. The van der Waals surface area contributed by atoms with Crippen LogP contribution in [-0.2, 0) is 14.9 Å². The molecule has 0 bridgehead atoms. The fourth-order valence-corrected chi connectivity index (χ4v) is 3.93. The molecule has 10 heteroatoms. The second-order valence-electron chi connectivity index (χ2n) is 5.67. The minimum Gasteiger partial charge on any atom is -0.378 e. The Hall–Kier alpha value is -1.75. The number of nitro benzene ring substituents is 1. The molecule has 0 saturated carbocycles. The molecular weight excluding hydrogens is 336 g/mol. The first-order valence-electron chi connectivity index (χ1n) is 7.67. The van der Waals surface area contributed by atoms with Crippen LogP contribution in [0.1, 0.15) is 13.8 Å². The summed E-state index contributed by atoms with van der Waals surface area (Å²) in [5.74, 6) is 0. The van der Waals surface area contributed by atoms with E-state index in [0.717, 1.165) is 0 Å². The number of nitrogens with one attached hydrogen (secondary N) is 2. The van der Waals surface area contributed by atoms with Gasteiger partial charge in [-0.05, 0) is 19.9 Å². The van der Waals surface area contributed by atoms with E-state index in [2.05, 4.69) is 10.0 Å². The summed E-state index contributed by atoms with van der Waals surface area (Å²) in [6, 6.07) is 6.23. The Morgan fingerprint density at radius 3 is 2.50 bits per heavy atom. The predicted octanol–water partition coefficient (Wildman–Crippen LogP) is 0.950. The first-order valence-corrected chi connectivity index (χ1v) is 9.11. The van der Waals surface area contributed by atoms with Crippen molar-refractivity contribution in [1.29, 1.82) is 0 Å². The molecule has 1 saturated heterocycles. The van der Waals surface area contributed by atoms with Crippen molar-refractivity contribution in [2.24, 2.45) is 0 Å². The molecule has 134 valence electrons. The molecule has 24 heavy (non-hydrogen) atoms. The number of nitrogens with zero attached hydrogens (tertiary/aromatic N) is 2. The summed E-state index contributed by atoms with van der Waals surface area (Å²) >= 11 is 0. The van der Waals surface area contributed by atoms with Gasteiger partial charge in [0.15, 0.2) is 0 Å². The molecule has 0 aliphatic carbocycles. The highest BCUT2D eigenvalue weighted by molar-refractivity contribution is 7.87. The van der Waals surface area contributed by atoms with Gasteiger partial charge in [-0.25, -0.2) is 4.72 Å². The molecule has 0 aromatic heterocycles. The molecule has 1 aromatic carbocycles. The Kier molecular flexibility index (Phi) is 6.10. The predicted molar refractivity (Wildman–Crippen MR) is 90.1 cm³/mol. The highest BCUT2D eigenvalue weighted by Gasteiger charge is 2.30. The standard InChI is InChI=1S/C14H22N4O5S/c1-11-9-17(10-12(2)23-11)24(21,22)16-8-7-15-13-5-3-4-6-14(13)18(19)20/h3-6,11-12,15-16H,7-10H2,1-2H3/t11-,12+. The average Bonchev–Trinajstić information content (AvgIpc) is 2.51. The maximum Gasteiger partial charge on any atom is 0.292 e. The lowest BCUT2D eigenvalue weighted by Gasteiger charge is -2.34. The van der Waals surface area contributed by atoms with E-state index in [4.69, 9.17) is 4.74 Å². The zero-order valence-electron chi connectivity index (χ0n) is 13.6. The largest absolute Gasteiger partial charge is 0.378 e. The van der Waals surface area contributed by atoms with E-state index < -0.39 is 15.1 Å². The minimum absolute atomic E-state index is 0.0452. The number of morpholine rings is 1. The lowest BCUT2D eigenvalue weighted by Crippen LogP contribution is -2.52. The lowest BCUT2D eigenvalue weighted by atomic mass is 10.2. The number of benzene rings is 1. The fourth-order valence-electron chi connectivity index (χ4n) is 2.58. The molecule has 2 N–H and O–H groups in total. The van der Waals surface area contributed by atoms with Crippen LogP contribution in [0.15, 0.2) is 24.3 Å². The van der Waals surface area contributed by atoms with Crippen molar-refractivity contribution in [3.63, 3.8) is 0 Å². The number of rotatable bonds is 7. The van der Waals surface area contributed by atoms with Crippen LogP contribution in [0, 0.1) is 10.1 Å². The van der Waals surface area contributed by atoms with Crippen LogP contribution >= 0.6 is 0 Å². The molecule has 2 atom stereocenters. The van der Waals surface area contributed by atoms with E-state index in [1.165, 1.54) is 10.4 Å². The molecule has 0 spiro atoms. The van der Waals surface area contributed by atoms with Crippen LogP contribution in [0.4, 0.5) is 11.4 Å². The van der Waals surface area contributed by atoms with Gasteiger partial charge in [0.05, 0.1) is 17.1 Å². The summed E-state index contributed by atoms with van der Waals surface area (Å²) in [6.07, 6.45) is -0.314. The van der Waals surface area contributed by atoms with E-state index >= 15 is 0 Å². The van der Waals surface area contributed by atoms with E-state index in [-0.39, 0.29) is 31.0 Å². The van der Waals surface area contributed by atoms with Crippen molar-refractivity contribution in [3.05, 3.63) is 34.4 Å². The summed E-state index contributed by atoms with van der Waals surface area (Å²) in [5, 5.41) is 13.8. The highest BCUT2D eigenvalue weighted by atomic mass is 32.2. The average molecular weight is 358 g/mol. The second-order valence-corrected chi connectivity index (χ2v) is 7.43. The van der Waals surface area contributed by atoms with Gasteiger partial charge in [-0.2, -0.15) is 12.7 Å². The van der Waals surface area contributed by atoms with Crippen LogP contribution in [0.2, 0.25) is 0 Å². The number of anilines is 1. The van der Waals surface area contributed by atoms with Gasteiger partial charge >= 0.3 is 0 Å². The van der Waals surface area contributed by atoms with E-state index in [1.54, 1.807) is 18.2 Å². The first kappa shape index (κ1) is 18.6. The van der Waals surface area contributed by atoms with Crippen molar-refractivity contribution < 1.29 is 18.1 Å². The Labute approximate surface area is 141 Å². The summed E-state index contributed by atoms with van der Waals surface area (Å²) in [7, 11) is -3.60. The van der Waals surface area contributed by atoms with Crippen LogP contribution in [0.25, 0.3) is 0 Å². The number of hydrogen-bond donors (Lipinski definition) is 2. The Morgan fingerprint density at radius 1 is 1.25 bits per heavy atom. The van der Waals surface area contributed by atoms with Crippen LogP contribution < -0.4 is 10.0 Å². The first-order chi connectivity index (χ1) is 11.3. The number of para-hydroxylation sites is 2. The molecule has 0 amide bonds. The van der Waals surface area contributed by atoms with Crippen LogP contribution in [0.5, 0.6) is 0 Å². The monoisotopic (exact) mass is 358 g/mol. The smallest absolute Gasteiger partial charge is 0.292 e. The molecule has 1 aliphatic heterocycles. The fraction of sp³-hybridized carbons (Fsp3) is 0.571. The Morgan fingerprint density at radius 2 is 1.88 bits per heavy atom. The molecule has 1 heterocycles. The van der Waals surface area contributed by atoms with Gasteiger partial charge in [-0.1, -0.05) is 12.1 Å². The summed E-state index contributed by atoms with van der Waals surface area (Å²) in [5.41, 5.74) is 0.312. The maximum atomic E-state index is 12.3. The Balaban J connectivity index is 1.86. The number of nitro groups is 1.